The lowest BCUT2D eigenvalue weighted by molar-refractivity contribution is -0.113. The van der Waals surface area contributed by atoms with E-state index in [4.69, 9.17) is 0 Å². The second-order valence-corrected chi connectivity index (χ2v) is 7.99. The van der Waals surface area contributed by atoms with Crippen molar-refractivity contribution in [2.75, 3.05) is 11.4 Å². The number of thiazole rings is 1. The first-order valence-corrected chi connectivity index (χ1v) is 10.4. The van der Waals surface area contributed by atoms with Crippen molar-refractivity contribution < 1.29 is 4.79 Å². The van der Waals surface area contributed by atoms with Crippen molar-refractivity contribution in [1.29, 1.82) is 0 Å². The van der Waals surface area contributed by atoms with Gasteiger partial charge in [-0.05, 0) is 24.6 Å². The summed E-state index contributed by atoms with van der Waals surface area (Å²) in [6.45, 7) is 2.82. The first-order chi connectivity index (χ1) is 13.7. The maximum atomic E-state index is 13.3. The summed E-state index contributed by atoms with van der Waals surface area (Å²) in [5.74, 6) is -0.0804. The molecule has 1 aliphatic heterocycles. The average molecular weight is 389 g/mol. The largest absolute Gasteiger partial charge is 0.308 e. The minimum atomic E-state index is -0.165. The van der Waals surface area contributed by atoms with Crippen molar-refractivity contribution in [3.63, 3.8) is 0 Å². The van der Waals surface area contributed by atoms with Crippen LogP contribution in [0, 0.1) is 0 Å². The molecule has 6 heteroatoms. The third-order valence-electron chi connectivity index (χ3n) is 5.26. The molecule has 2 aromatic heterocycles. The van der Waals surface area contributed by atoms with Gasteiger partial charge in [-0.25, -0.2) is 9.38 Å². The standard InChI is InChI=1S/C22H19N3O2S/c1-2-3-8-13-24-16-11-6-4-9-14(16)18(20(24)26)19-21(27)25-17-12-7-5-10-15(17)23-22(25)28-19/h4-7,9-12H,2-3,8,13H2,1H3/b19-18-. The Kier molecular flexibility index (Phi) is 4.02. The maximum absolute atomic E-state index is 13.3. The molecule has 5 nitrogen and oxygen atoms in total. The Morgan fingerprint density at radius 3 is 2.64 bits per heavy atom. The Bertz CT molecular complexity index is 1340. The number of imidazole rings is 1. The van der Waals surface area contributed by atoms with Gasteiger partial charge < -0.3 is 4.90 Å². The van der Waals surface area contributed by atoms with Crippen LogP contribution in [0.15, 0.2) is 53.3 Å². The van der Waals surface area contributed by atoms with Gasteiger partial charge in [-0.3, -0.25) is 9.59 Å². The van der Waals surface area contributed by atoms with Crippen molar-refractivity contribution in [1.82, 2.24) is 9.38 Å². The van der Waals surface area contributed by atoms with E-state index in [0.717, 1.165) is 41.5 Å². The number of nitrogens with zero attached hydrogens (tertiary/aromatic N) is 3. The molecule has 0 saturated heterocycles. The van der Waals surface area contributed by atoms with Crippen LogP contribution < -0.4 is 15.0 Å². The van der Waals surface area contributed by atoms with E-state index in [-0.39, 0.29) is 11.5 Å². The van der Waals surface area contributed by atoms with Crippen LogP contribution >= 0.6 is 11.3 Å². The van der Waals surface area contributed by atoms with Crippen LogP contribution in [0.25, 0.3) is 21.6 Å². The zero-order valence-electron chi connectivity index (χ0n) is 15.5. The van der Waals surface area contributed by atoms with Gasteiger partial charge in [0, 0.05) is 12.1 Å². The normalized spacial score (nSPS) is 15.8. The zero-order chi connectivity index (χ0) is 19.3. The molecule has 0 radical (unpaired) electrons. The highest BCUT2D eigenvalue weighted by Crippen LogP contribution is 2.35. The van der Waals surface area contributed by atoms with Crippen LogP contribution in [-0.4, -0.2) is 21.8 Å². The van der Waals surface area contributed by atoms with Gasteiger partial charge >= 0.3 is 0 Å². The van der Waals surface area contributed by atoms with Crippen molar-refractivity contribution >= 4 is 44.5 Å². The summed E-state index contributed by atoms with van der Waals surface area (Å²) in [4.78, 5) is 33.6. The quantitative estimate of drug-likeness (QED) is 0.503. The fraction of sp³-hybridized carbons (Fsp3) is 0.227. The van der Waals surface area contributed by atoms with Gasteiger partial charge in [-0.2, -0.15) is 0 Å². The van der Waals surface area contributed by atoms with E-state index in [2.05, 4.69) is 11.9 Å². The highest BCUT2D eigenvalue weighted by Gasteiger charge is 2.33. The number of anilines is 1. The summed E-state index contributed by atoms with van der Waals surface area (Å²) < 4.78 is 2.10. The van der Waals surface area contributed by atoms with Crippen LogP contribution in [-0.2, 0) is 4.79 Å². The predicted octanol–water partition coefficient (Wildman–Crippen LogP) is 3.36. The molecule has 0 atom stereocenters. The Morgan fingerprint density at radius 2 is 1.79 bits per heavy atom. The van der Waals surface area contributed by atoms with Crippen LogP contribution in [0.1, 0.15) is 31.7 Å². The van der Waals surface area contributed by atoms with Gasteiger partial charge in [0.05, 0.1) is 22.3 Å². The van der Waals surface area contributed by atoms with E-state index in [9.17, 15) is 9.59 Å². The Hall–Kier alpha value is -2.99. The second-order valence-electron chi connectivity index (χ2n) is 7.01. The molecule has 28 heavy (non-hydrogen) atoms. The minimum Gasteiger partial charge on any atom is -0.308 e. The number of hydrogen-bond donors (Lipinski definition) is 0. The molecule has 3 heterocycles. The number of rotatable bonds is 4. The van der Waals surface area contributed by atoms with Gasteiger partial charge in [-0.1, -0.05) is 61.4 Å². The topological polar surface area (TPSA) is 54.7 Å². The molecule has 1 aliphatic rings. The SMILES string of the molecule is CCCCCN1C(=O)/C(=c2\sc3nc4ccccc4n3c2=O)c2ccccc21. The van der Waals surface area contributed by atoms with Gasteiger partial charge in [0.1, 0.15) is 4.53 Å². The third-order valence-corrected chi connectivity index (χ3v) is 6.30. The summed E-state index contributed by atoms with van der Waals surface area (Å²) in [5, 5.41) is 0. The monoisotopic (exact) mass is 389 g/mol. The smallest absolute Gasteiger partial charge is 0.275 e. The zero-order valence-corrected chi connectivity index (χ0v) is 16.3. The van der Waals surface area contributed by atoms with Crippen LogP contribution in [0.5, 0.6) is 0 Å². The highest BCUT2D eigenvalue weighted by molar-refractivity contribution is 7.15. The molecule has 1 amide bonds. The van der Waals surface area contributed by atoms with Gasteiger partial charge in [-0.15, -0.1) is 0 Å². The van der Waals surface area contributed by atoms with Gasteiger partial charge in [0.15, 0.2) is 4.96 Å². The minimum absolute atomic E-state index is 0.0804. The molecular formula is C22H19N3O2S. The molecule has 2 aromatic carbocycles. The highest BCUT2D eigenvalue weighted by atomic mass is 32.1. The molecule has 0 unspecified atom stereocenters. The number of hydrogen-bond acceptors (Lipinski definition) is 4. The molecule has 0 fully saturated rings. The number of aromatic nitrogens is 2. The summed E-state index contributed by atoms with van der Waals surface area (Å²) in [7, 11) is 0. The molecule has 140 valence electrons. The van der Waals surface area contributed by atoms with Crippen LogP contribution in [0.3, 0.4) is 0 Å². The molecule has 0 saturated carbocycles. The molecule has 0 N–H and O–H groups in total. The first-order valence-electron chi connectivity index (χ1n) is 9.56. The van der Waals surface area contributed by atoms with Crippen molar-refractivity contribution in [2.24, 2.45) is 0 Å². The summed E-state index contributed by atoms with van der Waals surface area (Å²) in [5.41, 5.74) is 3.66. The van der Waals surface area contributed by atoms with E-state index >= 15 is 0 Å². The number of fused-ring (bicyclic) bond motifs is 4. The van der Waals surface area contributed by atoms with E-state index in [1.807, 2.05) is 53.4 Å². The fourth-order valence-corrected chi connectivity index (χ4v) is 4.98. The van der Waals surface area contributed by atoms with E-state index in [0.29, 0.717) is 21.6 Å². The number of para-hydroxylation sites is 3. The lowest BCUT2D eigenvalue weighted by atomic mass is 10.1. The number of carbonyl (C=O) groups excluding carboxylic acids is 1. The fourth-order valence-electron chi connectivity index (χ4n) is 3.90. The first kappa shape index (κ1) is 17.1. The van der Waals surface area contributed by atoms with Crippen molar-refractivity contribution in [3.8, 4) is 0 Å². The lowest BCUT2D eigenvalue weighted by Gasteiger charge is -2.16. The van der Waals surface area contributed by atoms with E-state index in [1.165, 1.54) is 11.3 Å². The average Bonchev–Trinajstić information content (AvgIpc) is 3.31. The number of amides is 1. The summed E-state index contributed by atoms with van der Waals surface area (Å²) >= 11 is 1.30. The molecular weight excluding hydrogens is 370 g/mol. The number of carbonyl (C=O) groups is 1. The molecule has 0 spiro atoms. The van der Waals surface area contributed by atoms with Gasteiger partial charge in [0.2, 0.25) is 0 Å². The van der Waals surface area contributed by atoms with E-state index in [1.54, 1.807) is 4.40 Å². The number of unbranched alkanes of at least 4 members (excludes halogenated alkanes) is 2. The third kappa shape index (κ3) is 2.41. The summed E-state index contributed by atoms with van der Waals surface area (Å²) in [6, 6.07) is 15.3. The molecule has 0 bridgehead atoms. The molecule has 0 aliphatic carbocycles. The van der Waals surface area contributed by atoms with Crippen molar-refractivity contribution in [3.05, 3.63) is 69.0 Å². The summed E-state index contributed by atoms with van der Waals surface area (Å²) in [6.07, 6.45) is 3.12. The van der Waals surface area contributed by atoms with Crippen molar-refractivity contribution in [2.45, 2.75) is 26.2 Å². The van der Waals surface area contributed by atoms with Crippen LogP contribution in [0.2, 0.25) is 0 Å². The van der Waals surface area contributed by atoms with Gasteiger partial charge in [0.25, 0.3) is 11.5 Å². The second kappa shape index (κ2) is 6.56. The van der Waals surface area contributed by atoms with Crippen LogP contribution in [0.4, 0.5) is 5.69 Å². The van der Waals surface area contributed by atoms with E-state index < -0.39 is 0 Å². The Balaban J connectivity index is 1.76. The Morgan fingerprint density at radius 1 is 1.00 bits per heavy atom. The maximum Gasteiger partial charge on any atom is 0.275 e. The molecule has 5 rings (SSSR count). The lowest BCUT2D eigenvalue weighted by Crippen LogP contribution is -2.32. The molecule has 4 aromatic rings. The number of benzene rings is 2. The Labute approximate surface area is 165 Å². The predicted molar refractivity (Wildman–Crippen MR) is 113 cm³/mol.